The van der Waals surface area contributed by atoms with Crippen molar-refractivity contribution in [3.8, 4) is 5.75 Å². The summed E-state index contributed by atoms with van der Waals surface area (Å²) in [6.45, 7) is 2.07. The molecular formula is C17H23N3O. The Kier molecular flexibility index (Phi) is 4.83. The minimum Gasteiger partial charge on any atom is -0.497 e. The summed E-state index contributed by atoms with van der Waals surface area (Å²) in [5, 5.41) is 0. The number of nitrogens with one attached hydrogen (secondary N) is 1. The van der Waals surface area contributed by atoms with Gasteiger partial charge >= 0.3 is 0 Å². The maximum absolute atomic E-state index is 5.81. The third kappa shape index (κ3) is 3.35. The highest BCUT2D eigenvalue weighted by Crippen LogP contribution is 2.28. The van der Waals surface area contributed by atoms with Gasteiger partial charge in [-0.25, -0.2) is 5.43 Å². The van der Waals surface area contributed by atoms with Gasteiger partial charge in [-0.3, -0.25) is 5.84 Å². The van der Waals surface area contributed by atoms with Crippen LogP contribution in [0.4, 0.5) is 5.69 Å². The number of anilines is 1. The van der Waals surface area contributed by atoms with Gasteiger partial charge in [-0.2, -0.15) is 0 Å². The molecule has 0 saturated carbocycles. The molecule has 0 bridgehead atoms. The van der Waals surface area contributed by atoms with Gasteiger partial charge in [0.05, 0.1) is 13.2 Å². The fourth-order valence-corrected chi connectivity index (χ4v) is 2.45. The lowest BCUT2D eigenvalue weighted by molar-refractivity contribution is 0.414. The number of nitrogens with zero attached hydrogens (tertiary/aromatic N) is 1. The van der Waals surface area contributed by atoms with Gasteiger partial charge in [-0.15, -0.1) is 0 Å². The summed E-state index contributed by atoms with van der Waals surface area (Å²) in [5.74, 6) is 6.66. The fraction of sp³-hybridized carbons (Fsp3) is 0.294. The second-order valence-electron chi connectivity index (χ2n) is 5.31. The van der Waals surface area contributed by atoms with Crippen LogP contribution in [0.1, 0.15) is 22.7 Å². The van der Waals surface area contributed by atoms with Crippen LogP contribution in [0.3, 0.4) is 0 Å². The van der Waals surface area contributed by atoms with Crippen molar-refractivity contribution in [3.05, 3.63) is 59.2 Å². The lowest BCUT2D eigenvalue weighted by Crippen LogP contribution is -2.29. The average molecular weight is 285 g/mol. The van der Waals surface area contributed by atoms with E-state index in [4.69, 9.17) is 10.6 Å². The lowest BCUT2D eigenvalue weighted by atomic mass is 9.95. The molecule has 2 aromatic carbocycles. The smallest absolute Gasteiger partial charge is 0.119 e. The predicted molar refractivity (Wildman–Crippen MR) is 87.7 cm³/mol. The molecule has 4 nitrogen and oxygen atoms in total. The van der Waals surface area contributed by atoms with Crippen molar-refractivity contribution < 1.29 is 4.74 Å². The molecule has 0 spiro atoms. The summed E-state index contributed by atoms with van der Waals surface area (Å²) in [4.78, 5) is 2.08. The average Bonchev–Trinajstić information content (AvgIpc) is 2.49. The standard InChI is InChI=1S/C17H23N3O/c1-12-10-15(21-4)8-9-16(12)17(19-18)13-6-5-7-14(11-13)20(2)3/h5-11,17,19H,18H2,1-4H3. The Bertz CT molecular complexity index is 611. The van der Waals surface area contributed by atoms with Crippen LogP contribution in [0.2, 0.25) is 0 Å². The summed E-state index contributed by atoms with van der Waals surface area (Å²) in [5.41, 5.74) is 7.50. The normalized spacial score (nSPS) is 12.0. The third-order valence-corrected chi connectivity index (χ3v) is 3.67. The third-order valence-electron chi connectivity index (χ3n) is 3.67. The van der Waals surface area contributed by atoms with Crippen molar-refractivity contribution in [3.63, 3.8) is 0 Å². The Morgan fingerprint density at radius 2 is 1.90 bits per heavy atom. The van der Waals surface area contributed by atoms with Crippen LogP contribution in [0.25, 0.3) is 0 Å². The van der Waals surface area contributed by atoms with Crippen LogP contribution in [-0.4, -0.2) is 21.2 Å². The van der Waals surface area contributed by atoms with Gasteiger partial charge in [0.25, 0.3) is 0 Å². The van der Waals surface area contributed by atoms with E-state index in [0.29, 0.717) is 0 Å². The van der Waals surface area contributed by atoms with Crippen molar-refractivity contribution >= 4 is 5.69 Å². The molecule has 0 heterocycles. The van der Waals surface area contributed by atoms with E-state index in [1.807, 2.05) is 32.3 Å². The minimum absolute atomic E-state index is 0.0455. The molecule has 3 N–H and O–H groups in total. The fourth-order valence-electron chi connectivity index (χ4n) is 2.45. The first kappa shape index (κ1) is 15.4. The van der Waals surface area contributed by atoms with Gasteiger partial charge in [-0.05, 0) is 47.9 Å². The summed E-state index contributed by atoms with van der Waals surface area (Å²) in [6.07, 6.45) is 0. The second kappa shape index (κ2) is 6.61. The number of hydrogen-bond donors (Lipinski definition) is 2. The van der Waals surface area contributed by atoms with Crippen LogP contribution in [-0.2, 0) is 0 Å². The molecule has 2 aromatic rings. The summed E-state index contributed by atoms with van der Waals surface area (Å²) in [6, 6.07) is 14.4. The Balaban J connectivity index is 2.42. The van der Waals surface area contributed by atoms with Crippen LogP contribution in [0.15, 0.2) is 42.5 Å². The highest BCUT2D eigenvalue weighted by atomic mass is 16.5. The van der Waals surface area contributed by atoms with E-state index in [2.05, 4.69) is 41.5 Å². The molecular weight excluding hydrogens is 262 g/mol. The van der Waals surface area contributed by atoms with Crippen LogP contribution in [0, 0.1) is 6.92 Å². The van der Waals surface area contributed by atoms with Gasteiger partial charge < -0.3 is 9.64 Å². The zero-order valence-corrected chi connectivity index (χ0v) is 13.1. The zero-order valence-electron chi connectivity index (χ0n) is 13.1. The molecule has 4 heteroatoms. The topological polar surface area (TPSA) is 50.5 Å². The van der Waals surface area contributed by atoms with E-state index >= 15 is 0 Å². The molecule has 0 aliphatic rings. The maximum atomic E-state index is 5.81. The maximum Gasteiger partial charge on any atom is 0.119 e. The molecule has 0 saturated heterocycles. The number of hydrazine groups is 1. The molecule has 112 valence electrons. The molecule has 0 fully saturated rings. The van der Waals surface area contributed by atoms with Gasteiger partial charge in [0.1, 0.15) is 5.75 Å². The van der Waals surface area contributed by atoms with Crippen molar-refractivity contribution in [1.82, 2.24) is 5.43 Å². The highest BCUT2D eigenvalue weighted by Gasteiger charge is 2.15. The number of aryl methyl sites for hydroxylation is 1. The molecule has 0 aromatic heterocycles. The van der Waals surface area contributed by atoms with E-state index in [1.165, 1.54) is 0 Å². The minimum atomic E-state index is -0.0455. The van der Waals surface area contributed by atoms with Gasteiger partial charge in [0, 0.05) is 19.8 Å². The molecule has 0 aliphatic carbocycles. The van der Waals surface area contributed by atoms with E-state index in [9.17, 15) is 0 Å². The molecule has 21 heavy (non-hydrogen) atoms. The summed E-state index contributed by atoms with van der Waals surface area (Å²) in [7, 11) is 5.74. The quantitative estimate of drug-likeness (QED) is 0.655. The van der Waals surface area contributed by atoms with E-state index < -0.39 is 0 Å². The molecule has 1 atom stereocenters. The van der Waals surface area contributed by atoms with Crippen molar-refractivity contribution in [2.45, 2.75) is 13.0 Å². The number of hydrogen-bond acceptors (Lipinski definition) is 4. The second-order valence-corrected chi connectivity index (χ2v) is 5.31. The lowest BCUT2D eigenvalue weighted by Gasteiger charge is -2.21. The Morgan fingerprint density at radius 3 is 2.48 bits per heavy atom. The van der Waals surface area contributed by atoms with E-state index in [-0.39, 0.29) is 6.04 Å². The van der Waals surface area contributed by atoms with Crippen molar-refractivity contribution in [2.75, 3.05) is 26.1 Å². The zero-order chi connectivity index (χ0) is 15.4. The Morgan fingerprint density at radius 1 is 1.14 bits per heavy atom. The number of methoxy groups -OCH3 is 1. The largest absolute Gasteiger partial charge is 0.497 e. The molecule has 1 unspecified atom stereocenters. The molecule has 2 rings (SSSR count). The van der Waals surface area contributed by atoms with Crippen LogP contribution >= 0.6 is 0 Å². The first-order chi connectivity index (χ1) is 10.1. The SMILES string of the molecule is COc1ccc(C(NN)c2cccc(N(C)C)c2)c(C)c1. The van der Waals surface area contributed by atoms with Crippen LogP contribution < -0.4 is 20.9 Å². The molecule has 0 radical (unpaired) electrons. The first-order valence-corrected chi connectivity index (χ1v) is 6.94. The molecule has 0 amide bonds. The van der Waals surface area contributed by atoms with Gasteiger partial charge in [0.2, 0.25) is 0 Å². The summed E-state index contributed by atoms with van der Waals surface area (Å²) >= 11 is 0. The number of benzene rings is 2. The van der Waals surface area contributed by atoms with Crippen molar-refractivity contribution in [1.29, 1.82) is 0 Å². The Labute approximate surface area is 126 Å². The number of ether oxygens (including phenoxy) is 1. The first-order valence-electron chi connectivity index (χ1n) is 6.94. The van der Waals surface area contributed by atoms with E-state index in [1.54, 1.807) is 7.11 Å². The van der Waals surface area contributed by atoms with E-state index in [0.717, 1.165) is 28.1 Å². The summed E-state index contributed by atoms with van der Waals surface area (Å²) < 4.78 is 5.26. The number of nitrogens with two attached hydrogens (primary N) is 1. The number of rotatable bonds is 5. The molecule has 0 aliphatic heterocycles. The van der Waals surface area contributed by atoms with Gasteiger partial charge in [0.15, 0.2) is 0 Å². The van der Waals surface area contributed by atoms with Crippen LogP contribution in [0.5, 0.6) is 5.75 Å². The van der Waals surface area contributed by atoms with Crippen molar-refractivity contribution in [2.24, 2.45) is 5.84 Å². The van der Waals surface area contributed by atoms with Gasteiger partial charge in [-0.1, -0.05) is 18.2 Å². The monoisotopic (exact) mass is 285 g/mol. The predicted octanol–water partition coefficient (Wildman–Crippen LogP) is 2.62. The highest BCUT2D eigenvalue weighted by molar-refractivity contribution is 5.50. The Hall–Kier alpha value is -2.04.